The van der Waals surface area contributed by atoms with Crippen LogP contribution < -0.4 is 5.32 Å². The van der Waals surface area contributed by atoms with Crippen molar-refractivity contribution in [1.29, 1.82) is 0 Å². The van der Waals surface area contributed by atoms with Gasteiger partial charge in [-0.3, -0.25) is 4.99 Å². The number of thiophene rings is 1. The Balaban J connectivity index is 1.62. The Morgan fingerprint density at radius 1 is 1.13 bits per heavy atom. The first-order chi connectivity index (χ1) is 11.1. The topological polar surface area (TPSA) is 37.3 Å². The number of hydrogen-bond donors (Lipinski definition) is 1. The Morgan fingerprint density at radius 2 is 1.91 bits per heavy atom. The smallest absolute Gasteiger partial charge is 0.139 e. The van der Waals surface area contributed by atoms with Gasteiger partial charge in [0.2, 0.25) is 0 Å². The van der Waals surface area contributed by atoms with E-state index >= 15 is 0 Å². The highest BCUT2D eigenvalue weighted by molar-refractivity contribution is 7.20. The number of fused-ring (bicyclic) bond motifs is 3. The molecule has 1 aliphatic rings. The summed E-state index contributed by atoms with van der Waals surface area (Å²) in [7, 11) is 0. The van der Waals surface area contributed by atoms with Gasteiger partial charge in [-0.15, -0.1) is 11.3 Å². The lowest BCUT2D eigenvalue weighted by atomic mass is 10.1. The fourth-order valence-electron chi connectivity index (χ4n) is 3.12. The molecule has 3 nitrogen and oxygen atoms in total. The molecule has 3 heterocycles. The Morgan fingerprint density at radius 3 is 2.70 bits per heavy atom. The predicted octanol–water partition coefficient (Wildman–Crippen LogP) is 4.27. The Bertz CT molecular complexity index is 920. The molecule has 4 rings (SSSR count). The second-order valence-corrected chi connectivity index (χ2v) is 7.17. The highest BCUT2D eigenvalue weighted by Gasteiger charge is 2.23. The molecule has 0 spiro atoms. The van der Waals surface area contributed by atoms with Crippen LogP contribution in [-0.4, -0.2) is 10.8 Å². The van der Waals surface area contributed by atoms with Crippen molar-refractivity contribution in [2.75, 3.05) is 0 Å². The summed E-state index contributed by atoms with van der Waals surface area (Å²) in [4.78, 5) is 11.8. The van der Waals surface area contributed by atoms with Crippen molar-refractivity contribution in [1.82, 2.24) is 10.3 Å². The number of aliphatic imine (C=N–C) groups is 1. The van der Waals surface area contributed by atoms with Gasteiger partial charge in [0, 0.05) is 23.2 Å². The van der Waals surface area contributed by atoms with Gasteiger partial charge in [-0.1, -0.05) is 29.8 Å². The van der Waals surface area contributed by atoms with Crippen molar-refractivity contribution in [3.05, 3.63) is 63.2 Å². The second-order valence-electron chi connectivity index (χ2n) is 6.17. The highest BCUT2D eigenvalue weighted by Crippen LogP contribution is 2.36. The van der Waals surface area contributed by atoms with Crippen LogP contribution in [0.5, 0.6) is 0 Å². The molecule has 0 unspecified atom stereocenters. The molecule has 0 saturated heterocycles. The quantitative estimate of drug-likeness (QED) is 0.765. The van der Waals surface area contributed by atoms with Gasteiger partial charge in [-0.25, -0.2) is 4.98 Å². The van der Waals surface area contributed by atoms with Gasteiger partial charge < -0.3 is 5.32 Å². The summed E-state index contributed by atoms with van der Waals surface area (Å²) < 4.78 is 0. The summed E-state index contributed by atoms with van der Waals surface area (Å²) in [5, 5.41) is 4.80. The van der Waals surface area contributed by atoms with Crippen LogP contribution in [-0.2, 0) is 13.1 Å². The molecule has 3 aromatic rings. The van der Waals surface area contributed by atoms with Crippen molar-refractivity contribution >= 4 is 27.4 Å². The van der Waals surface area contributed by atoms with E-state index in [1.54, 1.807) is 11.3 Å². The molecule has 1 N–H and O–H groups in total. The zero-order valence-electron chi connectivity index (χ0n) is 13.6. The summed E-state index contributed by atoms with van der Waals surface area (Å²) >= 11 is 1.76. The number of amidine groups is 1. The van der Waals surface area contributed by atoms with Gasteiger partial charge in [0.1, 0.15) is 10.7 Å². The number of aryl methyl sites for hydroxylation is 3. The molecule has 0 amide bonds. The molecular weight excluding hydrogens is 302 g/mol. The minimum absolute atomic E-state index is 0.761. The third-order valence-electron chi connectivity index (χ3n) is 4.28. The molecule has 4 heteroatoms. The number of nitrogens with zero attached hydrogens (tertiary/aromatic N) is 2. The molecule has 23 heavy (non-hydrogen) atoms. The number of hydrogen-bond acceptors (Lipinski definition) is 4. The zero-order valence-corrected chi connectivity index (χ0v) is 14.4. The van der Waals surface area contributed by atoms with E-state index in [0.717, 1.165) is 29.4 Å². The zero-order chi connectivity index (χ0) is 16.0. The molecule has 0 saturated carbocycles. The second kappa shape index (κ2) is 5.46. The molecule has 0 bridgehead atoms. The number of rotatable bonds is 2. The molecule has 0 fully saturated rings. The van der Waals surface area contributed by atoms with Gasteiger partial charge in [0.15, 0.2) is 0 Å². The third-order valence-corrected chi connectivity index (χ3v) is 5.41. The van der Waals surface area contributed by atoms with E-state index in [9.17, 15) is 0 Å². The fraction of sp³-hybridized carbons (Fsp3) is 0.263. The summed E-state index contributed by atoms with van der Waals surface area (Å²) in [5.41, 5.74) is 6.29. The van der Waals surface area contributed by atoms with Gasteiger partial charge in [-0.2, -0.15) is 0 Å². The SMILES string of the molecule is Cc1ccc(CNC2=NCc3c2sc2nc(C)cc(C)c32)cc1. The van der Waals surface area contributed by atoms with Crippen LogP contribution in [0, 0.1) is 20.8 Å². The van der Waals surface area contributed by atoms with Crippen LogP contribution in [0.1, 0.15) is 32.8 Å². The average Bonchev–Trinajstić information content (AvgIpc) is 3.05. The monoisotopic (exact) mass is 321 g/mol. The van der Waals surface area contributed by atoms with Crippen LogP contribution in [0.25, 0.3) is 10.2 Å². The Hall–Kier alpha value is -2.20. The standard InChI is InChI=1S/C19H19N3S/c1-11-4-6-14(7-5-11)9-20-18-17-15(10-21-18)16-12(2)8-13(3)22-19(16)23-17/h4-8H,9-10H2,1-3H3,(H,20,21). The highest BCUT2D eigenvalue weighted by atomic mass is 32.1. The minimum Gasteiger partial charge on any atom is -0.365 e. The molecule has 0 aliphatic carbocycles. The summed E-state index contributed by atoms with van der Waals surface area (Å²) in [5.74, 6) is 1.01. The van der Waals surface area contributed by atoms with Crippen molar-refractivity contribution in [3.8, 4) is 0 Å². The van der Waals surface area contributed by atoms with Gasteiger partial charge in [0.25, 0.3) is 0 Å². The molecule has 1 aliphatic heterocycles. The maximum atomic E-state index is 4.70. The molecule has 1 aromatic carbocycles. The summed E-state index contributed by atoms with van der Waals surface area (Å²) in [6.45, 7) is 7.90. The Labute approximate surface area is 140 Å². The van der Waals surface area contributed by atoms with Gasteiger partial charge in [0.05, 0.1) is 11.4 Å². The first kappa shape index (κ1) is 14.4. The molecule has 116 valence electrons. The van der Waals surface area contributed by atoms with Crippen LogP contribution in [0.15, 0.2) is 35.3 Å². The van der Waals surface area contributed by atoms with E-state index in [0.29, 0.717) is 0 Å². The largest absolute Gasteiger partial charge is 0.365 e. The normalized spacial score (nSPS) is 13.3. The average molecular weight is 321 g/mol. The molecule has 2 aromatic heterocycles. The van der Waals surface area contributed by atoms with Crippen LogP contribution >= 0.6 is 11.3 Å². The number of aromatic nitrogens is 1. The lowest BCUT2D eigenvalue weighted by molar-refractivity contribution is 0.911. The first-order valence-electron chi connectivity index (χ1n) is 7.85. The third kappa shape index (κ3) is 2.53. The lowest BCUT2D eigenvalue weighted by Gasteiger charge is -2.06. The first-order valence-corrected chi connectivity index (χ1v) is 8.67. The Kier molecular flexibility index (Phi) is 3.42. The molecule has 0 radical (unpaired) electrons. The lowest BCUT2D eigenvalue weighted by Crippen LogP contribution is -2.21. The molecular formula is C19H19N3S. The number of pyridine rings is 1. The van der Waals surface area contributed by atoms with E-state index in [2.05, 4.69) is 56.4 Å². The minimum atomic E-state index is 0.761. The van der Waals surface area contributed by atoms with Crippen LogP contribution in [0.4, 0.5) is 0 Å². The predicted molar refractivity (Wildman–Crippen MR) is 97.4 cm³/mol. The maximum absolute atomic E-state index is 4.70. The van der Waals surface area contributed by atoms with E-state index in [-0.39, 0.29) is 0 Å². The van der Waals surface area contributed by atoms with E-state index in [1.165, 1.54) is 32.5 Å². The van der Waals surface area contributed by atoms with Crippen LogP contribution in [0.2, 0.25) is 0 Å². The summed E-state index contributed by atoms with van der Waals surface area (Å²) in [6, 6.07) is 10.8. The van der Waals surface area contributed by atoms with E-state index < -0.39 is 0 Å². The maximum Gasteiger partial charge on any atom is 0.139 e. The van der Waals surface area contributed by atoms with E-state index in [1.807, 2.05) is 0 Å². The number of nitrogens with one attached hydrogen (secondary N) is 1. The van der Waals surface area contributed by atoms with E-state index in [4.69, 9.17) is 9.98 Å². The van der Waals surface area contributed by atoms with Crippen LogP contribution in [0.3, 0.4) is 0 Å². The van der Waals surface area contributed by atoms with Crippen molar-refractivity contribution < 1.29 is 0 Å². The molecule has 0 atom stereocenters. The number of benzene rings is 1. The summed E-state index contributed by atoms with van der Waals surface area (Å²) in [6.07, 6.45) is 0. The van der Waals surface area contributed by atoms with Crippen molar-refractivity contribution in [2.45, 2.75) is 33.9 Å². The fourth-order valence-corrected chi connectivity index (χ4v) is 4.41. The van der Waals surface area contributed by atoms with Crippen molar-refractivity contribution in [2.24, 2.45) is 4.99 Å². The van der Waals surface area contributed by atoms with Gasteiger partial charge in [-0.05, 0) is 38.0 Å². The van der Waals surface area contributed by atoms with Crippen molar-refractivity contribution in [3.63, 3.8) is 0 Å². The van der Waals surface area contributed by atoms with Gasteiger partial charge >= 0.3 is 0 Å².